The van der Waals surface area contributed by atoms with E-state index < -0.39 is 23.6 Å². The summed E-state index contributed by atoms with van der Waals surface area (Å²) in [6.07, 6.45) is -1.00. The second-order valence-corrected chi connectivity index (χ2v) is 5.90. The zero-order valence-electron chi connectivity index (χ0n) is 13.8. The van der Waals surface area contributed by atoms with Gasteiger partial charge in [0.25, 0.3) is 0 Å². The molecule has 26 heavy (non-hydrogen) atoms. The van der Waals surface area contributed by atoms with Gasteiger partial charge in [0, 0.05) is 0 Å². The maximum atomic E-state index is 12.6. The number of hydrogen-bond donors (Lipinski definition) is 0. The van der Waals surface area contributed by atoms with Crippen LogP contribution < -0.4 is 10.4 Å². The Morgan fingerprint density at radius 2 is 1.88 bits per heavy atom. The first-order valence-electron chi connectivity index (χ1n) is 7.94. The van der Waals surface area contributed by atoms with E-state index in [2.05, 4.69) is 0 Å². The molecule has 0 N–H and O–H groups in total. The van der Waals surface area contributed by atoms with Gasteiger partial charge in [0.1, 0.15) is 11.3 Å². The number of para-hydroxylation sites is 1. The third kappa shape index (κ3) is 2.33. The maximum absolute atomic E-state index is 12.6. The molecule has 1 aliphatic rings. The van der Waals surface area contributed by atoms with E-state index in [1.165, 1.54) is 7.11 Å². The fourth-order valence-corrected chi connectivity index (χ4v) is 3.28. The molecular formula is C20H13NO5. The Hall–Kier alpha value is -3.59. The summed E-state index contributed by atoms with van der Waals surface area (Å²) in [5, 5.41) is 9.60. The van der Waals surface area contributed by atoms with E-state index in [1.807, 2.05) is 6.07 Å². The lowest BCUT2D eigenvalue weighted by molar-refractivity contribution is -0.148. The Kier molecular flexibility index (Phi) is 3.70. The van der Waals surface area contributed by atoms with Crippen molar-refractivity contribution in [2.24, 2.45) is 0 Å². The standard InChI is InChI=1S/C20H13NO5/c1-24-20(23)18-15(12-8-6-11(10-21)7-9-12)16-17(26-18)13-4-2-3-5-14(13)25-19(16)22/h2-9,15,18H,1H3/t15-,18+/m1/s1. The van der Waals surface area contributed by atoms with E-state index in [-0.39, 0.29) is 5.56 Å². The number of rotatable bonds is 2. The minimum absolute atomic E-state index is 0.281. The highest BCUT2D eigenvalue weighted by atomic mass is 16.6. The smallest absolute Gasteiger partial charge is 0.348 e. The Morgan fingerprint density at radius 3 is 2.58 bits per heavy atom. The molecular weight excluding hydrogens is 334 g/mol. The highest BCUT2D eigenvalue weighted by Crippen LogP contribution is 2.44. The van der Waals surface area contributed by atoms with Gasteiger partial charge >= 0.3 is 11.6 Å². The van der Waals surface area contributed by atoms with Crippen LogP contribution in [0.1, 0.15) is 22.6 Å². The van der Waals surface area contributed by atoms with Crippen LogP contribution in [0.3, 0.4) is 0 Å². The average Bonchev–Trinajstić information content (AvgIpc) is 3.09. The van der Waals surface area contributed by atoms with Crippen LogP contribution in [0.4, 0.5) is 0 Å². The molecule has 2 aromatic carbocycles. The van der Waals surface area contributed by atoms with Crippen LogP contribution in [-0.4, -0.2) is 19.2 Å². The normalized spacial score (nSPS) is 18.0. The summed E-state index contributed by atoms with van der Waals surface area (Å²) < 4.78 is 16.2. The van der Waals surface area contributed by atoms with E-state index in [0.717, 1.165) is 0 Å². The van der Waals surface area contributed by atoms with E-state index in [4.69, 9.17) is 19.2 Å². The third-order valence-electron chi connectivity index (χ3n) is 4.49. The quantitative estimate of drug-likeness (QED) is 0.523. The number of ether oxygens (including phenoxy) is 2. The Labute approximate surface area is 148 Å². The average molecular weight is 347 g/mol. The van der Waals surface area contributed by atoms with Gasteiger partial charge in [0.05, 0.1) is 35.6 Å². The molecule has 128 valence electrons. The van der Waals surface area contributed by atoms with Crippen molar-refractivity contribution in [3.05, 3.63) is 75.6 Å². The summed E-state index contributed by atoms with van der Waals surface area (Å²) in [5.74, 6) is -0.924. The number of hydrogen-bond acceptors (Lipinski definition) is 6. The van der Waals surface area contributed by atoms with Crippen molar-refractivity contribution in [3.8, 4) is 11.8 Å². The Balaban J connectivity index is 1.96. The van der Waals surface area contributed by atoms with Gasteiger partial charge in [-0.1, -0.05) is 24.3 Å². The first-order valence-corrected chi connectivity index (χ1v) is 7.94. The molecule has 6 heteroatoms. The van der Waals surface area contributed by atoms with Crippen molar-refractivity contribution in [3.63, 3.8) is 0 Å². The summed E-state index contributed by atoms with van der Waals surface area (Å²) in [5.41, 5.74) is 1.26. The minimum Gasteiger partial charge on any atom is -0.476 e. The van der Waals surface area contributed by atoms with Gasteiger partial charge < -0.3 is 13.9 Å². The van der Waals surface area contributed by atoms with E-state index in [1.54, 1.807) is 48.5 Å². The van der Waals surface area contributed by atoms with Crippen molar-refractivity contribution in [1.82, 2.24) is 0 Å². The van der Waals surface area contributed by atoms with Crippen LogP contribution in [0, 0.1) is 11.3 Å². The van der Waals surface area contributed by atoms with Gasteiger partial charge in [-0.05, 0) is 29.8 Å². The zero-order chi connectivity index (χ0) is 18.3. The first kappa shape index (κ1) is 15.9. The SMILES string of the molecule is COC(=O)[C@H]1Oc2c(c(=O)oc3ccccc23)[C@H]1c1ccc(C#N)cc1. The van der Waals surface area contributed by atoms with E-state index >= 15 is 0 Å². The molecule has 3 aromatic rings. The molecule has 0 unspecified atom stereocenters. The second-order valence-electron chi connectivity index (χ2n) is 5.90. The van der Waals surface area contributed by atoms with Crippen LogP contribution in [0.25, 0.3) is 11.0 Å². The van der Waals surface area contributed by atoms with Crippen LogP contribution >= 0.6 is 0 Å². The zero-order valence-corrected chi connectivity index (χ0v) is 13.8. The van der Waals surface area contributed by atoms with Gasteiger partial charge in [-0.2, -0.15) is 5.26 Å². The second kappa shape index (κ2) is 6.05. The molecule has 2 atom stereocenters. The Bertz CT molecular complexity index is 1110. The van der Waals surface area contributed by atoms with E-state index in [9.17, 15) is 9.59 Å². The van der Waals surface area contributed by atoms with Crippen molar-refractivity contribution >= 4 is 16.9 Å². The van der Waals surface area contributed by atoms with Crippen LogP contribution in [0.15, 0.2) is 57.7 Å². The van der Waals surface area contributed by atoms with Crippen LogP contribution in [0.5, 0.6) is 5.75 Å². The number of esters is 1. The molecule has 6 nitrogen and oxygen atoms in total. The monoisotopic (exact) mass is 347 g/mol. The van der Waals surface area contributed by atoms with E-state index in [0.29, 0.717) is 27.8 Å². The number of nitrogens with zero attached hydrogens (tertiary/aromatic N) is 1. The lowest BCUT2D eigenvalue weighted by Crippen LogP contribution is -2.31. The fraction of sp³-hybridized carbons (Fsp3) is 0.150. The number of benzene rings is 2. The predicted octanol–water partition coefficient (Wildman–Crippen LogP) is 2.73. The van der Waals surface area contributed by atoms with Crippen molar-refractivity contribution in [2.75, 3.05) is 7.11 Å². The van der Waals surface area contributed by atoms with Crippen molar-refractivity contribution < 1.29 is 18.7 Å². The van der Waals surface area contributed by atoms with Gasteiger partial charge in [-0.3, -0.25) is 0 Å². The van der Waals surface area contributed by atoms with Crippen molar-refractivity contribution in [2.45, 2.75) is 12.0 Å². The predicted molar refractivity (Wildman–Crippen MR) is 91.9 cm³/mol. The maximum Gasteiger partial charge on any atom is 0.348 e. The highest BCUT2D eigenvalue weighted by Gasteiger charge is 2.44. The number of carbonyl (C=O) groups excluding carboxylic acids is 1. The minimum atomic E-state index is -1.00. The van der Waals surface area contributed by atoms with Crippen LogP contribution in [-0.2, 0) is 9.53 Å². The topological polar surface area (TPSA) is 89.5 Å². The molecule has 0 bridgehead atoms. The lowest BCUT2D eigenvalue weighted by atomic mass is 9.88. The number of methoxy groups -OCH3 is 1. The molecule has 0 fully saturated rings. The molecule has 0 aliphatic carbocycles. The number of nitriles is 1. The molecule has 1 aliphatic heterocycles. The molecule has 0 spiro atoms. The van der Waals surface area contributed by atoms with Gasteiger partial charge in [-0.15, -0.1) is 0 Å². The molecule has 0 amide bonds. The van der Waals surface area contributed by atoms with Gasteiger partial charge in [0.15, 0.2) is 0 Å². The Morgan fingerprint density at radius 1 is 1.15 bits per heavy atom. The third-order valence-corrected chi connectivity index (χ3v) is 4.49. The summed E-state index contributed by atoms with van der Waals surface area (Å²) in [6.45, 7) is 0. The summed E-state index contributed by atoms with van der Waals surface area (Å²) in [7, 11) is 1.27. The molecule has 4 rings (SSSR count). The highest BCUT2D eigenvalue weighted by molar-refractivity contribution is 5.88. The molecule has 0 saturated carbocycles. The largest absolute Gasteiger partial charge is 0.476 e. The van der Waals surface area contributed by atoms with Crippen LogP contribution in [0.2, 0.25) is 0 Å². The first-order chi connectivity index (χ1) is 12.6. The van der Waals surface area contributed by atoms with Gasteiger partial charge in [-0.25, -0.2) is 9.59 Å². The number of carbonyl (C=O) groups is 1. The summed E-state index contributed by atoms with van der Waals surface area (Å²) in [4.78, 5) is 24.9. The van der Waals surface area contributed by atoms with Crippen molar-refractivity contribution in [1.29, 1.82) is 5.26 Å². The number of fused-ring (bicyclic) bond motifs is 3. The lowest BCUT2D eigenvalue weighted by Gasteiger charge is -2.16. The molecule has 0 saturated heterocycles. The fourth-order valence-electron chi connectivity index (χ4n) is 3.28. The summed E-state index contributed by atoms with van der Waals surface area (Å²) >= 11 is 0. The molecule has 1 aromatic heterocycles. The summed E-state index contributed by atoms with van der Waals surface area (Å²) in [6, 6.07) is 15.7. The van der Waals surface area contributed by atoms with Gasteiger partial charge in [0.2, 0.25) is 6.10 Å². The molecule has 0 radical (unpaired) electrons. The molecule has 2 heterocycles.